The second kappa shape index (κ2) is 8.76. The highest BCUT2D eigenvalue weighted by molar-refractivity contribution is 5.99. The number of nitrogens with one attached hydrogen (secondary N) is 1. The van der Waals surface area contributed by atoms with Crippen LogP contribution >= 0.6 is 0 Å². The number of hydrogen-bond donors (Lipinski definition) is 3. The Labute approximate surface area is 175 Å². The number of amides is 1. The van der Waals surface area contributed by atoms with Gasteiger partial charge in [-0.25, -0.2) is 10.8 Å². The van der Waals surface area contributed by atoms with Crippen LogP contribution in [0.25, 0.3) is 10.9 Å². The average Bonchev–Trinajstić information content (AvgIpc) is 2.72. The Morgan fingerprint density at radius 1 is 1.27 bits per heavy atom. The molecule has 1 aromatic carbocycles. The van der Waals surface area contributed by atoms with Crippen molar-refractivity contribution in [1.82, 2.24) is 9.97 Å². The lowest BCUT2D eigenvalue weighted by Gasteiger charge is -2.28. The van der Waals surface area contributed by atoms with Crippen molar-refractivity contribution in [1.29, 1.82) is 5.26 Å². The van der Waals surface area contributed by atoms with Gasteiger partial charge < -0.3 is 11.1 Å². The van der Waals surface area contributed by atoms with Crippen molar-refractivity contribution in [3.63, 3.8) is 0 Å². The second-order valence-electron chi connectivity index (χ2n) is 7.65. The van der Waals surface area contributed by atoms with E-state index in [-0.39, 0.29) is 23.0 Å². The molecule has 0 aliphatic heterocycles. The molecule has 2 aromatic heterocycles. The molecule has 0 spiro atoms. The van der Waals surface area contributed by atoms with Gasteiger partial charge in [0.05, 0.1) is 16.6 Å². The molecule has 0 saturated carbocycles. The van der Waals surface area contributed by atoms with Gasteiger partial charge in [0.2, 0.25) is 0 Å². The molecule has 30 heavy (non-hydrogen) atoms. The van der Waals surface area contributed by atoms with Crippen LogP contribution in [0.3, 0.4) is 0 Å². The summed E-state index contributed by atoms with van der Waals surface area (Å²) in [5.74, 6) is 6.56. The molecule has 1 atom stereocenters. The maximum Gasteiger partial charge on any atom is 0.252 e. The Hall–Kier alpha value is -3.70. The molecule has 8 heteroatoms. The fourth-order valence-electron chi connectivity index (χ4n) is 3.36. The third-order valence-electron chi connectivity index (χ3n) is 4.79. The number of nitriles is 1. The third kappa shape index (κ3) is 4.47. The number of nitrogens with two attached hydrogens (primary N) is 2. The maximum absolute atomic E-state index is 12.0. The largest absolute Gasteiger partial charge is 0.365 e. The zero-order valence-electron chi connectivity index (χ0n) is 17.3. The van der Waals surface area contributed by atoms with Gasteiger partial charge in [-0.3, -0.25) is 14.8 Å². The minimum absolute atomic E-state index is 0.0522. The molecule has 3 aromatic rings. The summed E-state index contributed by atoms with van der Waals surface area (Å²) in [6, 6.07) is 12.8. The first-order chi connectivity index (χ1) is 14.3. The SMILES string of the molecule is CC(C)C[C@@H](C)N(N)c1nc(Nc2ccc3ncccc3c2)c(C(N)=O)cc1C#N. The number of nitrogens with zero attached hydrogens (tertiary/aromatic N) is 4. The molecular weight excluding hydrogens is 378 g/mol. The number of hydrogen-bond acceptors (Lipinski definition) is 7. The van der Waals surface area contributed by atoms with Crippen LogP contribution in [-0.4, -0.2) is 21.9 Å². The van der Waals surface area contributed by atoms with E-state index in [0.29, 0.717) is 17.4 Å². The topological polar surface area (TPSA) is 134 Å². The van der Waals surface area contributed by atoms with Crippen LogP contribution in [0.2, 0.25) is 0 Å². The van der Waals surface area contributed by atoms with Gasteiger partial charge in [0, 0.05) is 23.3 Å². The first-order valence-corrected chi connectivity index (χ1v) is 9.70. The van der Waals surface area contributed by atoms with Gasteiger partial charge in [-0.2, -0.15) is 5.26 Å². The average molecular weight is 403 g/mol. The Kier molecular flexibility index (Phi) is 6.14. The summed E-state index contributed by atoms with van der Waals surface area (Å²) in [6.07, 6.45) is 2.55. The van der Waals surface area contributed by atoms with Crippen molar-refractivity contribution < 1.29 is 4.79 Å². The van der Waals surface area contributed by atoms with E-state index < -0.39 is 5.91 Å². The van der Waals surface area contributed by atoms with E-state index in [1.807, 2.05) is 37.3 Å². The molecule has 3 rings (SSSR count). The predicted octanol–water partition coefficient (Wildman–Crippen LogP) is 3.46. The van der Waals surface area contributed by atoms with E-state index in [1.54, 1.807) is 6.20 Å². The number of benzene rings is 1. The summed E-state index contributed by atoms with van der Waals surface area (Å²) >= 11 is 0. The number of pyridine rings is 2. The smallest absolute Gasteiger partial charge is 0.252 e. The van der Waals surface area contributed by atoms with Crippen LogP contribution in [0, 0.1) is 17.2 Å². The van der Waals surface area contributed by atoms with Crippen molar-refractivity contribution in [3.8, 4) is 6.07 Å². The highest BCUT2D eigenvalue weighted by Crippen LogP contribution is 2.28. The lowest BCUT2D eigenvalue weighted by Crippen LogP contribution is -2.41. The number of carbonyl (C=O) groups excluding carboxylic acids is 1. The van der Waals surface area contributed by atoms with E-state index in [2.05, 4.69) is 35.2 Å². The van der Waals surface area contributed by atoms with Crippen LogP contribution in [0.15, 0.2) is 42.6 Å². The summed E-state index contributed by atoms with van der Waals surface area (Å²) in [6.45, 7) is 6.16. The van der Waals surface area contributed by atoms with Crippen LogP contribution in [0.1, 0.15) is 43.1 Å². The predicted molar refractivity (Wildman–Crippen MR) is 118 cm³/mol. The first kappa shape index (κ1) is 21.0. The lowest BCUT2D eigenvalue weighted by molar-refractivity contribution is 0.100. The highest BCUT2D eigenvalue weighted by atomic mass is 16.1. The number of aromatic nitrogens is 2. The van der Waals surface area contributed by atoms with Crippen LogP contribution in [0.4, 0.5) is 17.3 Å². The van der Waals surface area contributed by atoms with Crippen molar-refractivity contribution in [2.75, 3.05) is 10.3 Å². The minimum Gasteiger partial charge on any atom is -0.365 e. The molecule has 0 unspecified atom stereocenters. The number of primary amides is 1. The van der Waals surface area contributed by atoms with Gasteiger partial charge in [-0.05, 0) is 49.6 Å². The fraction of sp³-hybridized carbons (Fsp3) is 0.273. The fourth-order valence-corrected chi connectivity index (χ4v) is 3.36. The molecule has 8 nitrogen and oxygen atoms in total. The molecule has 2 heterocycles. The molecule has 0 aliphatic carbocycles. The summed E-state index contributed by atoms with van der Waals surface area (Å²) < 4.78 is 0. The summed E-state index contributed by atoms with van der Waals surface area (Å²) in [5.41, 5.74) is 7.42. The van der Waals surface area contributed by atoms with Gasteiger partial charge in [-0.15, -0.1) is 0 Å². The highest BCUT2D eigenvalue weighted by Gasteiger charge is 2.22. The van der Waals surface area contributed by atoms with E-state index in [1.165, 1.54) is 11.1 Å². The number of fused-ring (bicyclic) bond motifs is 1. The van der Waals surface area contributed by atoms with Gasteiger partial charge in [-0.1, -0.05) is 19.9 Å². The zero-order valence-corrected chi connectivity index (χ0v) is 17.3. The van der Waals surface area contributed by atoms with Crippen molar-refractivity contribution in [2.24, 2.45) is 17.5 Å². The molecule has 0 radical (unpaired) electrons. The van der Waals surface area contributed by atoms with Crippen molar-refractivity contribution in [3.05, 3.63) is 53.7 Å². The Balaban J connectivity index is 2.05. The van der Waals surface area contributed by atoms with E-state index in [9.17, 15) is 10.1 Å². The number of carbonyl (C=O) groups is 1. The van der Waals surface area contributed by atoms with Gasteiger partial charge in [0.25, 0.3) is 5.91 Å². The van der Waals surface area contributed by atoms with E-state index >= 15 is 0 Å². The maximum atomic E-state index is 12.0. The molecule has 0 fully saturated rings. The van der Waals surface area contributed by atoms with Crippen LogP contribution in [-0.2, 0) is 0 Å². The molecule has 1 amide bonds. The first-order valence-electron chi connectivity index (χ1n) is 9.70. The van der Waals surface area contributed by atoms with Crippen molar-refractivity contribution >= 4 is 34.1 Å². The Bertz CT molecular complexity index is 1120. The minimum atomic E-state index is -0.686. The monoisotopic (exact) mass is 403 g/mol. The van der Waals surface area contributed by atoms with Gasteiger partial charge in [0.15, 0.2) is 5.82 Å². The summed E-state index contributed by atoms with van der Waals surface area (Å²) in [7, 11) is 0. The van der Waals surface area contributed by atoms with Crippen LogP contribution in [0.5, 0.6) is 0 Å². The molecule has 154 valence electrons. The molecular formula is C22H25N7O. The number of anilines is 3. The second-order valence-corrected chi connectivity index (χ2v) is 7.65. The zero-order chi connectivity index (χ0) is 21.8. The number of hydrazine groups is 1. The molecule has 0 aliphatic rings. The molecule has 0 bridgehead atoms. The van der Waals surface area contributed by atoms with Gasteiger partial charge >= 0.3 is 0 Å². The normalized spacial score (nSPS) is 11.9. The van der Waals surface area contributed by atoms with Crippen molar-refractivity contribution in [2.45, 2.75) is 33.2 Å². The van der Waals surface area contributed by atoms with Gasteiger partial charge in [0.1, 0.15) is 11.9 Å². The third-order valence-corrected chi connectivity index (χ3v) is 4.79. The Morgan fingerprint density at radius 3 is 2.70 bits per heavy atom. The van der Waals surface area contributed by atoms with E-state index in [4.69, 9.17) is 11.6 Å². The standard InChI is InChI=1S/C22H25N7O/c1-13(2)9-14(3)29(25)22-16(12-23)11-18(20(24)30)21(28-22)27-17-6-7-19-15(10-17)5-4-8-26-19/h4-8,10-11,13-14H,9,25H2,1-3H3,(H2,24,30)(H,27,28)/t14-/m1/s1. The quantitative estimate of drug-likeness (QED) is 0.406. The lowest BCUT2D eigenvalue weighted by atomic mass is 10.0. The summed E-state index contributed by atoms with van der Waals surface area (Å²) in [5, 5.41) is 15.1. The Morgan fingerprint density at radius 2 is 2.03 bits per heavy atom. The number of rotatable bonds is 7. The van der Waals surface area contributed by atoms with Crippen LogP contribution < -0.4 is 21.9 Å². The summed E-state index contributed by atoms with van der Waals surface area (Å²) in [4.78, 5) is 20.9. The van der Waals surface area contributed by atoms with E-state index in [0.717, 1.165) is 17.3 Å². The molecule has 5 N–H and O–H groups in total. The molecule has 0 saturated heterocycles.